The first-order valence-electron chi connectivity index (χ1n) is 4.66. The maximum absolute atomic E-state index is 13.4. The predicted molar refractivity (Wildman–Crippen MR) is 57.4 cm³/mol. The Balaban J connectivity index is 2.31. The van der Waals surface area contributed by atoms with Gasteiger partial charge in [0.25, 0.3) is 5.91 Å². The van der Waals surface area contributed by atoms with E-state index < -0.39 is 17.5 Å². The van der Waals surface area contributed by atoms with Gasteiger partial charge in [-0.05, 0) is 18.2 Å². The molecular formula is C11H8F2N2O2. The van der Waals surface area contributed by atoms with Crippen molar-refractivity contribution in [2.75, 3.05) is 11.1 Å². The van der Waals surface area contributed by atoms with Crippen LogP contribution in [0.15, 0.2) is 35.1 Å². The van der Waals surface area contributed by atoms with Crippen LogP contribution in [0.3, 0.4) is 0 Å². The highest BCUT2D eigenvalue weighted by atomic mass is 19.2. The third kappa shape index (κ3) is 2.10. The van der Waals surface area contributed by atoms with Crippen LogP contribution in [0.2, 0.25) is 0 Å². The predicted octanol–water partition coefficient (Wildman–Crippen LogP) is 2.39. The lowest BCUT2D eigenvalue weighted by molar-refractivity contribution is 0.102. The average Bonchev–Trinajstić information content (AvgIpc) is 2.83. The molecule has 0 bridgehead atoms. The van der Waals surface area contributed by atoms with Crippen molar-refractivity contribution >= 4 is 17.3 Å². The summed E-state index contributed by atoms with van der Waals surface area (Å²) < 4.78 is 31.0. The van der Waals surface area contributed by atoms with Crippen molar-refractivity contribution in [3.05, 3.63) is 47.9 Å². The highest BCUT2D eigenvalue weighted by Gasteiger charge is 2.15. The Morgan fingerprint density at radius 2 is 2.06 bits per heavy atom. The minimum Gasteiger partial charge on any atom is -0.472 e. The zero-order valence-electron chi connectivity index (χ0n) is 8.54. The molecule has 3 N–H and O–H groups in total. The molecule has 0 radical (unpaired) electrons. The Kier molecular flexibility index (Phi) is 2.78. The van der Waals surface area contributed by atoms with Gasteiger partial charge in [0.05, 0.1) is 17.5 Å². The van der Waals surface area contributed by atoms with Crippen LogP contribution >= 0.6 is 0 Å². The van der Waals surface area contributed by atoms with Gasteiger partial charge in [-0.2, -0.15) is 0 Å². The van der Waals surface area contributed by atoms with E-state index in [2.05, 4.69) is 5.32 Å². The van der Waals surface area contributed by atoms with Crippen LogP contribution in [0.25, 0.3) is 0 Å². The fraction of sp³-hybridized carbons (Fsp3) is 0. The Labute approximate surface area is 95.0 Å². The number of rotatable bonds is 2. The SMILES string of the molecule is Nc1ccc(F)c(F)c1NC(=O)c1ccoc1. The smallest absolute Gasteiger partial charge is 0.259 e. The highest BCUT2D eigenvalue weighted by Crippen LogP contribution is 2.25. The van der Waals surface area contributed by atoms with E-state index in [0.29, 0.717) is 0 Å². The van der Waals surface area contributed by atoms with Gasteiger partial charge in [0.2, 0.25) is 0 Å². The minimum absolute atomic E-state index is 0.0549. The molecule has 88 valence electrons. The van der Waals surface area contributed by atoms with Crippen LogP contribution < -0.4 is 11.1 Å². The molecule has 1 aromatic carbocycles. The number of nitrogens with two attached hydrogens (primary N) is 1. The van der Waals surface area contributed by atoms with E-state index in [-0.39, 0.29) is 16.9 Å². The lowest BCUT2D eigenvalue weighted by atomic mass is 10.2. The second-order valence-electron chi connectivity index (χ2n) is 3.29. The van der Waals surface area contributed by atoms with Crippen molar-refractivity contribution < 1.29 is 18.0 Å². The van der Waals surface area contributed by atoms with Crippen LogP contribution in [-0.4, -0.2) is 5.91 Å². The Morgan fingerprint density at radius 3 is 2.71 bits per heavy atom. The first kappa shape index (κ1) is 11.1. The summed E-state index contributed by atoms with van der Waals surface area (Å²) in [4.78, 5) is 11.6. The first-order chi connectivity index (χ1) is 8.09. The highest BCUT2D eigenvalue weighted by molar-refractivity contribution is 6.05. The van der Waals surface area contributed by atoms with Crippen LogP contribution in [0.1, 0.15) is 10.4 Å². The van der Waals surface area contributed by atoms with Gasteiger partial charge < -0.3 is 15.5 Å². The average molecular weight is 238 g/mol. The lowest BCUT2D eigenvalue weighted by Gasteiger charge is -2.08. The third-order valence-electron chi connectivity index (χ3n) is 2.15. The van der Waals surface area contributed by atoms with Crippen LogP contribution in [0.4, 0.5) is 20.2 Å². The van der Waals surface area contributed by atoms with Gasteiger partial charge >= 0.3 is 0 Å². The van der Waals surface area contributed by atoms with Crippen molar-refractivity contribution in [3.8, 4) is 0 Å². The molecule has 0 aliphatic carbocycles. The number of amides is 1. The van der Waals surface area contributed by atoms with Gasteiger partial charge in [-0.1, -0.05) is 0 Å². The van der Waals surface area contributed by atoms with Gasteiger partial charge in [-0.25, -0.2) is 8.78 Å². The first-order valence-corrected chi connectivity index (χ1v) is 4.66. The normalized spacial score (nSPS) is 10.2. The Bertz CT molecular complexity index is 553. The molecule has 17 heavy (non-hydrogen) atoms. The van der Waals surface area contributed by atoms with Crippen LogP contribution in [-0.2, 0) is 0 Å². The fourth-order valence-corrected chi connectivity index (χ4v) is 1.27. The van der Waals surface area contributed by atoms with Gasteiger partial charge in [0.15, 0.2) is 11.6 Å². The molecular weight excluding hydrogens is 230 g/mol. The number of furan rings is 1. The summed E-state index contributed by atoms with van der Waals surface area (Å²) in [5.74, 6) is -2.90. The number of halogens is 2. The van der Waals surface area contributed by atoms with E-state index in [9.17, 15) is 13.6 Å². The van der Waals surface area contributed by atoms with Gasteiger partial charge in [0, 0.05) is 0 Å². The van der Waals surface area contributed by atoms with E-state index in [1.165, 1.54) is 24.7 Å². The van der Waals surface area contributed by atoms with E-state index in [1.54, 1.807) is 0 Å². The number of hydrogen-bond donors (Lipinski definition) is 2. The van der Waals surface area contributed by atoms with E-state index >= 15 is 0 Å². The number of hydrogen-bond acceptors (Lipinski definition) is 3. The number of carbonyl (C=O) groups is 1. The lowest BCUT2D eigenvalue weighted by Crippen LogP contribution is -2.14. The molecule has 1 amide bonds. The van der Waals surface area contributed by atoms with Crippen molar-refractivity contribution in [1.29, 1.82) is 0 Å². The number of carbonyl (C=O) groups excluding carboxylic acids is 1. The van der Waals surface area contributed by atoms with Gasteiger partial charge in [-0.15, -0.1) is 0 Å². The quantitative estimate of drug-likeness (QED) is 0.789. The summed E-state index contributed by atoms with van der Waals surface area (Å²) in [6.45, 7) is 0. The molecule has 0 saturated heterocycles. The molecule has 0 saturated carbocycles. The van der Waals surface area contributed by atoms with E-state index in [4.69, 9.17) is 10.2 Å². The Hall–Kier alpha value is -2.37. The van der Waals surface area contributed by atoms with Crippen molar-refractivity contribution in [2.45, 2.75) is 0 Å². The number of nitrogen functional groups attached to an aromatic ring is 1. The van der Waals surface area contributed by atoms with Crippen molar-refractivity contribution in [3.63, 3.8) is 0 Å². The molecule has 4 nitrogen and oxygen atoms in total. The molecule has 0 unspecified atom stereocenters. The summed E-state index contributed by atoms with van der Waals surface area (Å²) >= 11 is 0. The van der Waals surface area contributed by atoms with Gasteiger partial charge in [-0.3, -0.25) is 4.79 Å². The Morgan fingerprint density at radius 1 is 1.29 bits per heavy atom. The maximum atomic E-state index is 13.4. The molecule has 2 aromatic rings. The monoisotopic (exact) mass is 238 g/mol. The number of anilines is 2. The number of nitrogens with one attached hydrogen (secondary N) is 1. The standard InChI is InChI=1S/C11H8F2N2O2/c12-7-1-2-8(14)10(9(7)13)15-11(16)6-3-4-17-5-6/h1-5H,14H2,(H,15,16). The summed E-state index contributed by atoms with van der Waals surface area (Å²) in [6, 6.07) is 3.45. The summed E-state index contributed by atoms with van der Waals surface area (Å²) in [5.41, 5.74) is 5.20. The maximum Gasteiger partial charge on any atom is 0.259 e. The minimum atomic E-state index is -1.19. The summed E-state index contributed by atoms with van der Waals surface area (Å²) in [5, 5.41) is 2.18. The van der Waals surface area contributed by atoms with Crippen molar-refractivity contribution in [2.24, 2.45) is 0 Å². The zero-order valence-corrected chi connectivity index (χ0v) is 8.54. The molecule has 0 spiro atoms. The summed E-state index contributed by atoms with van der Waals surface area (Å²) in [6.07, 6.45) is 2.48. The molecule has 6 heteroatoms. The van der Waals surface area contributed by atoms with Crippen LogP contribution in [0.5, 0.6) is 0 Å². The molecule has 1 aromatic heterocycles. The molecule has 0 aliphatic rings. The molecule has 1 heterocycles. The third-order valence-corrected chi connectivity index (χ3v) is 2.15. The number of benzene rings is 1. The van der Waals surface area contributed by atoms with E-state index in [0.717, 1.165) is 6.07 Å². The molecule has 0 atom stereocenters. The second kappa shape index (κ2) is 4.25. The second-order valence-corrected chi connectivity index (χ2v) is 3.29. The largest absolute Gasteiger partial charge is 0.472 e. The molecule has 2 rings (SSSR count). The summed E-state index contributed by atoms with van der Waals surface area (Å²) in [7, 11) is 0. The molecule has 0 fully saturated rings. The fourth-order valence-electron chi connectivity index (χ4n) is 1.27. The van der Waals surface area contributed by atoms with E-state index in [1.807, 2.05) is 0 Å². The zero-order chi connectivity index (χ0) is 12.4. The van der Waals surface area contributed by atoms with Gasteiger partial charge in [0.1, 0.15) is 12.0 Å². The van der Waals surface area contributed by atoms with Crippen molar-refractivity contribution in [1.82, 2.24) is 0 Å². The topological polar surface area (TPSA) is 68.3 Å². The van der Waals surface area contributed by atoms with Crippen LogP contribution in [0, 0.1) is 11.6 Å². The molecule has 0 aliphatic heterocycles.